The maximum absolute atomic E-state index is 13.2. The molecule has 1 aliphatic rings. The first kappa shape index (κ1) is 16.5. The number of aromatic nitrogens is 1. The van der Waals surface area contributed by atoms with Crippen molar-refractivity contribution < 1.29 is 12.8 Å². The van der Waals surface area contributed by atoms with Crippen molar-refractivity contribution in [2.75, 3.05) is 0 Å². The zero-order chi connectivity index (χ0) is 17.5. The topological polar surface area (TPSA) is 73.1 Å². The van der Waals surface area contributed by atoms with Gasteiger partial charge in [-0.05, 0) is 41.0 Å². The van der Waals surface area contributed by atoms with Crippen LogP contribution < -0.4 is 5.14 Å². The highest BCUT2D eigenvalue weighted by Crippen LogP contribution is 2.43. The fourth-order valence-corrected chi connectivity index (χ4v) is 3.21. The second-order valence-corrected chi connectivity index (χ2v) is 7.88. The van der Waals surface area contributed by atoms with Gasteiger partial charge >= 0.3 is 0 Å². The van der Waals surface area contributed by atoms with Crippen LogP contribution >= 0.6 is 0 Å². The van der Waals surface area contributed by atoms with Crippen LogP contribution in [0.25, 0.3) is 11.1 Å². The highest BCUT2D eigenvalue weighted by molar-refractivity contribution is 7.89. The van der Waals surface area contributed by atoms with Crippen LogP contribution in [0.1, 0.15) is 25.0 Å². The lowest BCUT2D eigenvalue weighted by molar-refractivity contribution is 0.594. The molecule has 0 radical (unpaired) electrons. The number of hydrogen-bond donors (Lipinski definition) is 1. The Hall–Kier alpha value is -2.31. The number of pyridine rings is 1. The third kappa shape index (κ3) is 3.29. The van der Waals surface area contributed by atoms with Crippen LogP contribution in [0.2, 0.25) is 0 Å². The van der Waals surface area contributed by atoms with E-state index < -0.39 is 10.0 Å². The molecule has 0 atom stereocenters. The lowest BCUT2D eigenvalue weighted by atomic mass is 9.95. The molecule has 0 aliphatic heterocycles. The van der Waals surface area contributed by atoms with Crippen LogP contribution in [-0.4, -0.2) is 13.4 Å². The molecule has 0 saturated carbocycles. The molecule has 0 unspecified atom stereocenters. The zero-order valence-electron chi connectivity index (χ0n) is 13.3. The SMILES string of the molecule is CC1(C)C=C(c2ccc(F)cc2)C(c2ccc(S(N)(=O)=O)nc2)=C1. The first-order valence-corrected chi connectivity index (χ1v) is 8.92. The number of halogens is 1. The molecule has 4 nitrogen and oxygen atoms in total. The van der Waals surface area contributed by atoms with E-state index in [2.05, 4.69) is 31.0 Å². The van der Waals surface area contributed by atoms with E-state index in [4.69, 9.17) is 5.14 Å². The van der Waals surface area contributed by atoms with E-state index in [9.17, 15) is 12.8 Å². The standard InChI is InChI=1S/C18H17FN2O2S/c1-18(2)9-15(12-3-6-14(19)7-4-12)16(10-18)13-5-8-17(21-11-13)24(20,22)23/h3-11H,1-2H3,(H2,20,22,23). The summed E-state index contributed by atoms with van der Waals surface area (Å²) >= 11 is 0. The molecular weight excluding hydrogens is 327 g/mol. The summed E-state index contributed by atoms with van der Waals surface area (Å²) in [5.74, 6) is -0.290. The van der Waals surface area contributed by atoms with Crippen LogP contribution in [0.3, 0.4) is 0 Å². The molecule has 3 rings (SSSR count). The lowest BCUT2D eigenvalue weighted by Gasteiger charge is -2.10. The third-order valence-electron chi connectivity index (χ3n) is 3.82. The molecule has 0 amide bonds. The van der Waals surface area contributed by atoms with E-state index in [0.717, 1.165) is 22.3 Å². The summed E-state index contributed by atoms with van der Waals surface area (Å²) in [6.45, 7) is 4.13. The minimum Gasteiger partial charge on any atom is -0.243 e. The van der Waals surface area contributed by atoms with Gasteiger partial charge in [-0.3, -0.25) is 0 Å². The van der Waals surface area contributed by atoms with E-state index in [0.29, 0.717) is 0 Å². The van der Waals surface area contributed by atoms with Gasteiger partial charge in [-0.15, -0.1) is 0 Å². The quantitative estimate of drug-likeness (QED) is 0.928. The Morgan fingerprint density at radius 2 is 1.50 bits per heavy atom. The van der Waals surface area contributed by atoms with Crippen molar-refractivity contribution in [3.05, 3.63) is 71.7 Å². The summed E-state index contributed by atoms with van der Waals surface area (Å²) in [6, 6.07) is 9.35. The molecule has 0 bridgehead atoms. The van der Waals surface area contributed by atoms with E-state index in [1.807, 2.05) is 0 Å². The van der Waals surface area contributed by atoms with Gasteiger partial charge in [0.1, 0.15) is 5.82 Å². The molecule has 1 heterocycles. The minimum atomic E-state index is -3.82. The van der Waals surface area contributed by atoms with Crippen LogP contribution in [0.5, 0.6) is 0 Å². The molecule has 0 saturated heterocycles. The molecule has 0 fully saturated rings. The van der Waals surface area contributed by atoms with E-state index in [-0.39, 0.29) is 16.3 Å². The average Bonchev–Trinajstić information content (AvgIpc) is 2.83. The molecule has 2 aromatic rings. The van der Waals surface area contributed by atoms with Gasteiger partial charge in [0.2, 0.25) is 0 Å². The van der Waals surface area contributed by atoms with Crippen molar-refractivity contribution in [2.45, 2.75) is 18.9 Å². The number of sulfonamides is 1. The van der Waals surface area contributed by atoms with Crippen LogP contribution in [0.4, 0.5) is 4.39 Å². The van der Waals surface area contributed by atoms with Crippen molar-refractivity contribution in [2.24, 2.45) is 10.6 Å². The number of benzene rings is 1. The fraction of sp³-hybridized carbons (Fsp3) is 0.167. The average molecular weight is 344 g/mol. The van der Waals surface area contributed by atoms with Gasteiger partial charge in [-0.25, -0.2) is 22.9 Å². The third-order valence-corrected chi connectivity index (χ3v) is 4.64. The highest BCUT2D eigenvalue weighted by atomic mass is 32.2. The van der Waals surface area contributed by atoms with Crippen LogP contribution in [-0.2, 0) is 10.0 Å². The van der Waals surface area contributed by atoms with Crippen molar-refractivity contribution in [1.29, 1.82) is 0 Å². The largest absolute Gasteiger partial charge is 0.255 e. The first-order chi connectivity index (χ1) is 11.2. The maximum Gasteiger partial charge on any atom is 0.255 e. The Labute approximate surface area is 140 Å². The minimum absolute atomic E-state index is 0.169. The number of nitrogens with zero attached hydrogens (tertiary/aromatic N) is 1. The number of allylic oxidation sites excluding steroid dienone is 4. The Morgan fingerprint density at radius 1 is 0.958 bits per heavy atom. The van der Waals surface area contributed by atoms with Gasteiger partial charge < -0.3 is 0 Å². The van der Waals surface area contributed by atoms with E-state index in [1.54, 1.807) is 18.2 Å². The second-order valence-electron chi connectivity index (χ2n) is 6.37. The van der Waals surface area contributed by atoms with Crippen molar-refractivity contribution >= 4 is 21.2 Å². The van der Waals surface area contributed by atoms with Gasteiger partial charge in [-0.1, -0.05) is 38.1 Å². The summed E-state index contributed by atoms with van der Waals surface area (Å²) in [4.78, 5) is 3.94. The predicted octanol–water partition coefficient (Wildman–Crippen LogP) is 3.37. The predicted molar refractivity (Wildman–Crippen MR) is 91.7 cm³/mol. The number of nitrogens with two attached hydrogens (primary N) is 1. The summed E-state index contributed by atoms with van der Waals surface area (Å²) in [5.41, 5.74) is 3.40. The highest BCUT2D eigenvalue weighted by Gasteiger charge is 2.25. The molecular formula is C18H17FN2O2S. The normalized spacial score (nSPS) is 16.7. The van der Waals surface area contributed by atoms with Gasteiger partial charge in [0.25, 0.3) is 10.0 Å². The second kappa shape index (κ2) is 5.65. The van der Waals surface area contributed by atoms with Crippen LogP contribution in [0, 0.1) is 11.2 Å². The lowest BCUT2D eigenvalue weighted by Crippen LogP contribution is -2.13. The molecule has 1 aromatic heterocycles. The van der Waals surface area contributed by atoms with Crippen molar-refractivity contribution in [3.63, 3.8) is 0 Å². The van der Waals surface area contributed by atoms with Crippen molar-refractivity contribution in [1.82, 2.24) is 4.98 Å². The molecule has 2 N–H and O–H groups in total. The summed E-state index contributed by atoms with van der Waals surface area (Å²) < 4.78 is 35.9. The molecule has 6 heteroatoms. The maximum atomic E-state index is 13.2. The van der Waals surface area contributed by atoms with Crippen LogP contribution in [0.15, 0.2) is 59.8 Å². The van der Waals surface area contributed by atoms with E-state index in [1.165, 1.54) is 24.4 Å². The molecule has 0 spiro atoms. The van der Waals surface area contributed by atoms with E-state index >= 15 is 0 Å². The Kier molecular flexibility index (Phi) is 3.89. The summed E-state index contributed by atoms with van der Waals surface area (Å²) in [6.07, 6.45) is 5.67. The first-order valence-electron chi connectivity index (χ1n) is 7.37. The smallest absolute Gasteiger partial charge is 0.243 e. The summed E-state index contributed by atoms with van der Waals surface area (Å²) in [5, 5.41) is 4.91. The molecule has 24 heavy (non-hydrogen) atoms. The molecule has 1 aromatic carbocycles. The van der Waals surface area contributed by atoms with Gasteiger partial charge in [0, 0.05) is 17.2 Å². The Balaban J connectivity index is 2.05. The van der Waals surface area contributed by atoms with Gasteiger partial charge in [-0.2, -0.15) is 0 Å². The molecule has 124 valence electrons. The van der Waals surface area contributed by atoms with Crippen molar-refractivity contribution in [3.8, 4) is 0 Å². The Bertz CT molecular complexity index is 942. The van der Waals surface area contributed by atoms with Gasteiger partial charge in [0.15, 0.2) is 5.03 Å². The zero-order valence-corrected chi connectivity index (χ0v) is 14.1. The Morgan fingerprint density at radius 3 is 2.00 bits per heavy atom. The number of rotatable bonds is 3. The van der Waals surface area contributed by atoms with Gasteiger partial charge in [0.05, 0.1) is 0 Å². The monoisotopic (exact) mass is 344 g/mol. The number of hydrogen-bond acceptors (Lipinski definition) is 3. The fourth-order valence-electron chi connectivity index (χ4n) is 2.76. The molecule has 1 aliphatic carbocycles. The number of primary sulfonamides is 1. The summed E-state index contributed by atoms with van der Waals surface area (Å²) in [7, 11) is -3.82.